The van der Waals surface area contributed by atoms with Crippen LogP contribution in [0.5, 0.6) is 5.75 Å². The summed E-state index contributed by atoms with van der Waals surface area (Å²) in [6.45, 7) is 2.70. The fraction of sp³-hybridized carbons (Fsp3) is 0.211. The van der Waals surface area contributed by atoms with Gasteiger partial charge in [0.15, 0.2) is 0 Å². The van der Waals surface area contributed by atoms with E-state index in [1.54, 1.807) is 29.2 Å². The van der Waals surface area contributed by atoms with Gasteiger partial charge in [-0.3, -0.25) is 4.79 Å². The van der Waals surface area contributed by atoms with Gasteiger partial charge in [-0.2, -0.15) is 0 Å². The van der Waals surface area contributed by atoms with Crippen molar-refractivity contribution < 1.29 is 14.3 Å². The summed E-state index contributed by atoms with van der Waals surface area (Å²) in [4.78, 5) is 16.2. The third-order valence-corrected chi connectivity index (χ3v) is 4.46. The second kappa shape index (κ2) is 7.57. The van der Waals surface area contributed by atoms with E-state index in [0.29, 0.717) is 18.7 Å². The molecule has 0 radical (unpaired) electrons. The number of hydrogen-bond donors (Lipinski definition) is 1. The van der Waals surface area contributed by atoms with E-state index < -0.39 is 5.82 Å². The predicted octanol–water partition coefficient (Wildman–Crippen LogP) is 3.55. The Bertz CT molecular complexity index is 785. The number of halogens is 2. The Morgan fingerprint density at radius 1 is 1.08 bits per heavy atom. The number of carbonyl (C=O) groups excluding carboxylic acids is 1. The minimum Gasteiger partial charge on any atom is -0.508 e. The highest BCUT2D eigenvalue weighted by Gasteiger charge is 2.19. The van der Waals surface area contributed by atoms with Crippen molar-refractivity contribution in [3.05, 3.63) is 64.9 Å². The fourth-order valence-corrected chi connectivity index (χ4v) is 2.93. The maximum atomic E-state index is 13.1. The molecular formula is C19H18ClFN2O2. The zero-order valence-corrected chi connectivity index (χ0v) is 14.3. The van der Waals surface area contributed by atoms with Gasteiger partial charge in [-0.15, -0.1) is 0 Å². The SMILES string of the molecule is O=C(/C=C/c1ccc(F)c(Cl)c1)N1CCN(c2ccc(O)cc2)CC1. The van der Waals surface area contributed by atoms with E-state index in [1.165, 1.54) is 18.2 Å². The molecule has 0 saturated carbocycles. The summed E-state index contributed by atoms with van der Waals surface area (Å²) in [5.41, 5.74) is 1.71. The first-order valence-corrected chi connectivity index (χ1v) is 8.37. The van der Waals surface area contributed by atoms with Gasteiger partial charge in [0.2, 0.25) is 5.91 Å². The topological polar surface area (TPSA) is 43.8 Å². The molecule has 1 fully saturated rings. The summed E-state index contributed by atoms with van der Waals surface area (Å²) in [6.07, 6.45) is 3.12. The maximum Gasteiger partial charge on any atom is 0.246 e. The molecule has 1 amide bonds. The number of anilines is 1. The van der Waals surface area contributed by atoms with Crippen molar-refractivity contribution in [1.29, 1.82) is 0 Å². The Kier molecular flexibility index (Phi) is 5.24. The van der Waals surface area contributed by atoms with Crippen molar-refractivity contribution in [2.24, 2.45) is 0 Å². The molecule has 3 rings (SSSR count). The molecule has 4 nitrogen and oxygen atoms in total. The van der Waals surface area contributed by atoms with E-state index in [1.807, 2.05) is 12.1 Å². The molecule has 0 atom stereocenters. The summed E-state index contributed by atoms with van der Waals surface area (Å²) in [6, 6.07) is 11.4. The lowest BCUT2D eigenvalue weighted by Crippen LogP contribution is -2.48. The molecule has 25 heavy (non-hydrogen) atoms. The average Bonchev–Trinajstić information content (AvgIpc) is 2.63. The van der Waals surface area contributed by atoms with Crippen LogP contribution in [0.2, 0.25) is 5.02 Å². The van der Waals surface area contributed by atoms with Crippen molar-refractivity contribution in [3.8, 4) is 5.75 Å². The summed E-state index contributed by atoms with van der Waals surface area (Å²) in [7, 11) is 0. The van der Waals surface area contributed by atoms with Crippen LogP contribution in [0.25, 0.3) is 6.08 Å². The molecule has 1 N–H and O–H groups in total. The smallest absolute Gasteiger partial charge is 0.246 e. The van der Waals surface area contributed by atoms with Crippen molar-refractivity contribution in [1.82, 2.24) is 4.90 Å². The number of phenols is 1. The van der Waals surface area contributed by atoms with Gasteiger partial charge in [0, 0.05) is 37.9 Å². The molecule has 1 aliphatic heterocycles. The Hall–Kier alpha value is -2.53. The van der Waals surface area contributed by atoms with Crippen LogP contribution in [0.4, 0.5) is 10.1 Å². The van der Waals surface area contributed by atoms with E-state index in [9.17, 15) is 14.3 Å². The van der Waals surface area contributed by atoms with Gasteiger partial charge >= 0.3 is 0 Å². The number of rotatable bonds is 3. The van der Waals surface area contributed by atoms with Gasteiger partial charge in [-0.25, -0.2) is 4.39 Å². The van der Waals surface area contributed by atoms with Crippen LogP contribution < -0.4 is 4.90 Å². The molecule has 6 heteroatoms. The zero-order chi connectivity index (χ0) is 17.8. The van der Waals surface area contributed by atoms with Crippen LogP contribution in [0.3, 0.4) is 0 Å². The fourth-order valence-electron chi connectivity index (χ4n) is 2.74. The number of hydrogen-bond acceptors (Lipinski definition) is 3. The van der Waals surface area contributed by atoms with Crippen molar-refractivity contribution >= 4 is 29.3 Å². The monoisotopic (exact) mass is 360 g/mol. The first-order chi connectivity index (χ1) is 12.0. The van der Waals surface area contributed by atoms with Crippen molar-refractivity contribution in [2.45, 2.75) is 0 Å². The van der Waals surface area contributed by atoms with Crippen molar-refractivity contribution in [3.63, 3.8) is 0 Å². The van der Waals surface area contributed by atoms with Gasteiger partial charge in [-0.1, -0.05) is 17.7 Å². The summed E-state index contributed by atoms with van der Waals surface area (Å²) < 4.78 is 13.1. The average molecular weight is 361 g/mol. The quantitative estimate of drug-likeness (QED) is 0.851. The Morgan fingerprint density at radius 2 is 1.76 bits per heavy atom. The maximum absolute atomic E-state index is 13.1. The number of amides is 1. The van der Waals surface area contributed by atoms with Crippen LogP contribution in [-0.4, -0.2) is 42.1 Å². The molecule has 2 aromatic rings. The van der Waals surface area contributed by atoms with Crippen LogP contribution >= 0.6 is 11.6 Å². The number of phenolic OH excluding ortho intramolecular Hbond substituents is 1. The zero-order valence-electron chi connectivity index (χ0n) is 13.5. The Balaban J connectivity index is 1.56. The first kappa shape index (κ1) is 17.3. The van der Waals surface area contributed by atoms with Gasteiger partial charge in [0.05, 0.1) is 5.02 Å². The van der Waals surface area contributed by atoms with Gasteiger partial charge in [-0.05, 0) is 48.0 Å². The van der Waals surface area contributed by atoms with Crippen LogP contribution in [0, 0.1) is 5.82 Å². The van der Waals surface area contributed by atoms with Crippen LogP contribution in [-0.2, 0) is 4.79 Å². The third kappa shape index (κ3) is 4.31. The molecule has 0 aliphatic carbocycles. The second-order valence-electron chi connectivity index (χ2n) is 5.84. The minimum atomic E-state index is -0.476. The molecule has 1 heterocycles. The lowest BCUT2D eigenvalue weighted by atomic mass is 10.2. The molecule has 0 aromatic heterocycles. The highest BCUT2D eigenvalue weighted by molar-refractivity contribution is 6.30. The third-order valence-electron chi connectivity index (χ3n) is 4.17. The Labute approximate surface area is 150 Å². The second-order valence-corrected chi connectivity index (χ2v) is 6.24. The van der Waals surface area contributed by atoms with Crippen molar-refractivity contribution in [2.75, 3.05) is 31.1 Å². The van der Waals surface area contributed by atoms with Gasteiger partial charge in [0.1, 0.15) is 11.6 Å². The standard InChI is InChI=1S/C19H18ClFN2O2/c20-17-13-14(1-7-18(17)21)2-8-19(25)23-11-9-22(10-12-23)15-3-5-16(24)6-4-15/h1-8,13,24H,9-12H2/b8-2+. The van der Waals surface area contributed by atoms with E-state index in [4.69, 9.17) is 11.6 Å². The lowest BCUT2D eigenvalue weighted by molar-refractivity contribution is -0.126. The highest BCUT2D eigenvalue weighted by atomic mass is 35.5. The van der Waals surface area contributed by atoms with E-state index in [-0.39, 0.29) is 16.7 Å². The molecule has 130 valence electrons. The minimum absolute atomic E-state index is 0.0390. The molecule has 0 bridgehead atoms. The molecule has 0 spiro atoms. The lowest BCUT2D eigenvalue weighted by Gasteiger charge is -2.35. The molecule has 1 saturated heterocycles. The van der Waals surface area contributed by atoms with E-state index in [2.05, 4.69) is 4.90 Å². The largest absolute Gasteiger partial charge is 0.508 e. The number of benzene rings is 2. The van der Waals surface area contributed by atoms with Gasteiger partial charge in [0.25, 0.3) is 0 Å². The summed E-state index contributed by atoms with van der Waals surface area (Å²) in [5.74, 6) is -0.315. The van der Waals surface area contributed by atoms with E-state index >= 15 is 0 Å². The summed E-state index contributed by atoms with van der Waals surface area (Å²) >= 11 is 5.74. The first-order valence-electron chi connectivity index (χ1n) is 7.99. The highest BCUT2D eigenvalue weighted by Crippen LogP contribution is 2.20. The Morgan fingerprint density at radius 3 is 2.40 bits per heavy atom. The van der Waals surface area contributed by atoms with E-state index in [0.717, 1.165) is 18.8 Å². The number of aromatic hydroxyl groups is 1. The molecule has 1 aliphatic rings. The normalized spacial score (nSPS) is 15.0. The molecule has 0 unspecified atom stereocenters. The summed E-state index contributed by atoms with van der Waals surface area (Å²) in [5, 5.41) is 9.39. The van der Waals surface area contributed by atoms with Crippen LogP contribution in [0.1, 0.15) is 5.56 Å². The van der Waals surface area contributed by atoms with Gasteiger partial charge < -0.3 is 14.9 Å². The number of piperazine rings is 1. The molecular weight excluding hydrogens is 343 g/mol. The number of nitrogens with zero attached hydrogens (tertiary/aromatic N) is 2. The number of carbonyl (C=O) groups is 1. The molecule has 2 aromatic carbocycles. The predicted molar refractivity (Wildman–Crippen MR) is 97.3 cm³/mol. The van der Waals surface area contributed by atoms with Crippen LogP contribution in [0.15, 0.2) is 48.5 Å².